The van der Waals surface area contributed by atoms with Gasteiger partial charge in [0.25, 0.3) is 0 Å². The lowest BCUT2D eigenvalue weighted by atomic mass is 10.0. The van der Waals surface area contributed by atoms with E-state index in [1.54, 1.807) is 18.5 Å². The Morgan fingerprint density at radius 2 is 1.76 bits per heavy atom. The quantitative estimate of drug-likeness (QED) is 0.360. The van der Waals surface area contributed by atoms with E-state index in [4.69, 9.17) is 4.74 Å². The molecule has 0 radical (unpaired) electrons. The molecule has 0 fully saturated rings. The molecular formula is C21H23F3N2O3. The van der Waals surface area contributed by atoms with E-state index in [0.29, 0.717) is 11.1 Å². The van der Waals surface area contributed by atoms with Crippen LogP contribution in [0.1, 0.15) is 34.0 Å². The van der Waals surface area contributed by atoms with E-state index in [-0.39, 0.29) is 12.4 Å². The van der Waals surface area contributed by atoms with Crippen molar-refractivity contribution >= 4 is 18.0 Å². The monoisotopic (exact) mass is 408 g/mol. The fraction of sp³-hybridized carbons (Fsp3) is 0.333. The summed E-state index contributed by atoms with van der Waals surface area (Å²) in [5.41, 5.74) is 3.36. The number of alkyl halides is 3. The average molecular weight is 408 g/mol. The normalized spacial score (nSPS) is 11.6. The van der Waals surface area contributed by atoms with Gasteiger partial charge in [-0.1, -0.05) is 12.1 Å². The lowest BCUT2D eigenvalue weighted by molar-refractivity contribution is -0.274. The van der Waals surface area contributed by atoms with Crippen molar-refractivity contribution in [3.63, 3.8) is 0 Å². The van der Waals surface area contributed by atoms with Crippen LogP contribution in [0.15, 0.2) is 41.4 Å². The second-order valence-corrected chi connectivity index (χ2v) is 6.47. The number of ether oxygens (including phenoxy) is 2. The molecule has 0 saturated heterocycles. The summed E-state index contributed by atoms with van der Waals surface area (Å²) >= 11 is 0. The maximum absolute atomic E-state index is 12.4. The summed E-state index contributed by atoms with van der Waals surface area (Å²) in [6.07, 6.45) is -3.02. The molecule has 0 atom stereocenters. The molecule has 156 valence electrons. The second-order valence-electron chi connectivity index (χ2n) is 6.47. The van der Waals surface area contributed by atoms with E-state index in [9.17, 15) is 18.0 Å². The average Bonchev–Trinajstić information content (AvgIpc) is 2.67. The number of hydrogen-bond donors (Lipinski definition) is 0. The fourth-order valence-corrected chi connectivity index (χ4v) is 2.42. The minimum atomic E-state index is -4.74. The third kappa shape index (κ3) is 6.51. The van der Waals surface area contributed by atoms with Crippen molar-refractivity contribution in [2.45, 2.75) is 33.7 Å². The van der Waals surface area contributed by atoms with Gasteiger partial charge in [0.15, 0.2) is 0 Å². The highest BCUT2D eigenvalue weighted by Crippen LogP contribution is 2.26. The predicted molar refractivity (Wildman–Crippen MR) is 105 cm³/mol. The molecule has 2 aromatic rings. The van der Waals surface area contributed by atoms with Crippen molar-refractivity contribution in [2.75, 3.05) is 13.6 Å². The molecule has 0 amide bonds. The molecule has 2 rings (SSSR count). The maximum atomic E-state index is 12.4. The van der Waals surface area contributed by atoms with Gasteiger partial charge in [-0.25, -0.2) is 9.79 Å². The van der Waals surface area contributed by atoms with Crippen LogP contribution in [0, 0.1) is 13.8 Å². The summed E-state index contributed by atoms with van der Waals surface area (Å²) in [7, 11) is 1.92. The van der Waals surface area contributed by atoms with Crippen LogP contribution in [-0.4, -0.2) is 37.2 Å². The highest BCUT2D eigenvalue weighted by Gasteiger charge is 2.30. The standard InChI is InChI=1S/C21H23F3N2O3/c1-5-26(4)13-25-19-11-10-18(14(2)15(19)3)20(27)28-12-16-6-8-17(9-7-16)29-21(22,23)24/h6-11,13H,5,12H2,1-4H3. The number of rotatable bonds is 7. The van der Waals surface area contributed by atoms with Gasteiger partial charge in [0.05, 0.1) is 17.6 Å². The molecule has 0 aliphatic carbocycles. The Morgan fingerprint density at radius 1 is 1.10 bits per heavy atom. The first-order valence-electron chi connectivity index (χ1n) is 8.97. The smallest absolute Gasteiger partial charge is 0.457 e. The molecule has 0 heterocycles. The molecule has 0 bridgehead atoms. The van der Waals surface area contributed by atoms with Gasteiger partial charge in [0.2, 0.25) is 0 Å². The number of esters is 1. The van der Waals surface area contributed by atoms with Gasteiger partial charge in [0, 0.05) is 13.6 Å². The van der Waals surface area contributed by atoms with Crippen LogP contribution >= 0.6 is 0 Å². The highest BCUT2D eigenvalue weighted by molar-refractivity contribution is 5.92. The number of carbonyl (C=O) groups is 1. The molecule has 5 nitrogen and oxygen atoms in total. The molecular weight excluding hydrogens is 385 g/mol. The first-order chi connectivity index (χ1) is 13.6. The zero-order chi connectivity index (χ0) is 21.6. The van der Waals surface area contributed by atoms with Gasteiger partial charge in [0.1, 0.15) is 12.4 Å². The van der Waals surface area contributed by atoms with E-state index >= 15 is 0 Å². The minimum absolute atomic E-state index is 0.0647. The Bertz CT molecular complexity index is 878. The number of aliphatic imine (C=N–C) groups is 1. The summed E-state index contributed by atoms with van der Waals surface area (Å²) in [4.78, 5) is 18.8. The molecule has 0 unspecified atom stereocenters. The lowest BCUT2D eigenvalue weighted by Gasteiger charge is -2.13. The largest absolute Gasteiger partial charge is 0.573 e. The van der Waals surface area contributed by atoms with E-state index in [2.05, 4.69) is 9.73 Å². The second kappa shape index (κ2) is 9.45. The Kier molecular flexibility index (Phi) is 7.25. The first-order valence-corrected chi connectivity index (χ1v) is 8.97. The molecule has 0 aromatic heterocycles. The predicted octanol–water partition coefficient (Wildman–Crippen LogP) is 5.17. The summed E-state index contributed by atoms with van der Waals surface area (Å²) in [5, 5.41) is 0. The number of carbonyl (C=O) groups excluding carboxylic acids is 1. The molecule has 0 aliphatic rings. The molecule has 29 heavy (non-hydrogen) atoms. The lowest BCUT2D eigenvalue weighted by Crippen LogP contribution is -2.17. The Hall–Kier alpha value is -3.03. The molecule has 0 spiro atoms. The van der Waals surface area contributed by atoms with Crippen molar-refractivity contribution in [2.24, 2.45) is 4.99 Å². The fourth-order valence-electron chi connectivity index (χ4n) is 2.42. The van der Waals surface area contributed by atoms with Gasteiger partial charge in [-0.3, -0.25) is 0 Å². The van der Waals surface area contributed by atoms with E-state index < -0.39 is 12.3 Å². The van der Waals surface area contributed by atoms with Gasteiger partial charge in [-0.15, -0.1) is 13.2 Å². The van der Waals surface area contributed by atoms with Crippen LogP contribution in [0.2, 0.25) is 0 Å². The van der Waals surface area contributed by atoms with Crippen LogP contribution in [0.25, 0.3) is 0 Å². The summed E-state index contributed by atoms with van der Waals surface area (Å²) in [6, 6.07) is 8.58. The van der Waals surface area contributed by atoms with Gasteiger partial charge >= 0.3 is 12.3 Å². The molecule has 0 aliphatic heterocycles. The number of hydrogen-bond acceptors (Lipinski definition) is 4. The van der Waals surface area contributed by atoms with Gasteiger partial charge < -0.3 is 14.4 Å². The van der Waals surface area contributed by atoms with Crippen molar-refractivity contribution in [1.29, 1.82) is 0 Å². The van der Waals surface area contributed by atoms with Crippen LogP contribution in [-0.2, 0) is 11.3 Å². The van der Waals surface area contributed by atoms with Crippen molar-refractivity contribution < 1.29 is 27.4 Å². The Morgan fingerprint density at radius 3 is 2.34 bits per heavy atom. The zero-order valence-corrected chi connectivity index (χ0v) is 16.7. The SMILES string of the molecule is CCN(C)C=Nc1ccc(C(=O)OCc2ccc(OC(F)(F)F)cc2)c(C)c1C. The molecule has 0 N–H and O–H groups in total. The third-order valence-electron chi connectivity index (χ3n) is 4.40. The third-order valence-corrected chi connectivity index (χ3v) is 4.40. The van der Waals surface area contributed by atoms with Crippen LogP contribution in [0.4, 0.5) is 18.9 Å². The molecule has 8 heteroatoms. The van der Waals surface area contributed by atoms with E-state index in [0.717, 1.165) is 23.4 Å². The first kappa shape index (κ1) is 22.3. The van der Waals surface area contributed by atoms with Crippen molar-refractivity contribution in [1.82, 2.24) is 4.90 Å². The Balaban J connectivity index is 2.04. The van der Waals surface area contributed by atoms with Crippen LogP contribution in [0.5, 0.6) is 5.75 Å². The topological polar surface area (TPSA) is 51.1 Å². The van der Waals surface area contributed by atoms with Gasteiger partial charge in [-0.05, 0) is 61.7 Å². The van der Waals surface area contributed by atoms with Crippen LogP contribution < -0.4 is 4.74 Å². The number of nitrogens with zero attached hydrogens (tertiary/aromatic N) is 2. The van der Waals surface area contributed by atoms with Crippen molar-refractivity contribution in [3.8, 4) is 5.75 Å². The minimum Gasteiger partial charge on any atom is -0.457 e. The van der Waals surface area contributed by atoms with Crippen LogP contribution in [0.3, 0.4) is 0 Å². The number of halogens is 3. The Labute approximate surface area is 167 Å². The summed E-state index contributed by atoms with van der Waals surface area (Å²) in [6.45, 7) is 6.47. The maximum Gasteiger partial charge on any atom is 0.573 e. The molecule has 0 saturated carbocycles. The zero-order valence-electron chi connectivity index (χ0n) is 16.7. The summed E-state index contributed by atoms with van der Waals surface area (Å²) in [5.74, 6) is -0.841. The van der Waals surface area contributed by atoms with Gasteiger partial charge in [-0.2, -0.15) is 0 Å². The highest BCUT2D eigenvalue weighted by atomic mass is 19.4. The van der Waals surface area contributed by atoms with E-state index in [1.165, 1.54) is 24.3 Å². The van der Waals surface area contributed by atoms with Crippen molar-refractivity contribution in [3.05, 3.63) is 58.7 Å². The summed E-state index contributed by atoms with van der Waals surface area (Å²) < 4.78 is 45.7. The number of benzene rings is 2. The molecule has 2 aromatic carbocycles. The van der Waals surface area contributed by atoms with E-state index in [1.807, 2.05) is 32.7 Å².